The van der Waals surface area contributed by atoms with E-state index in [0.29, 0.717) is 10.6 Å². The number of benzene rings is 1. The molecule has 1 rings (SSSR count). The Morgan fingerprint density at radius 1 is 1.40 bits per heavy atom. The van der Waals surface area contributed by atoms with Crippen molar-refractivity contribution in [3.8, 4) is 0 Å². The number of halogens is 1. The molecule has 0 aliphatic heterocycles. The van der Waals surface area contributed by atoms with Gasteiger partial charge in [0.1, 0.15) is 0 Å². The highest BCUT2D eigenvalue weighted by molar-refractivity contribution is 7.90. The summed E-state index contributed by atoms with van der Waals surface area (Å²) in [7, 11) is -3.24. The van der Waals surface area contributed by atoms with Crippen molar-refractivity contribution >= 4 is 27.0 Å². The first-order valence-corrected chi connectivity index (χ1v) is 6.76. The van der Waals surface area contributed by atoms with Gasteiger partial charge in [-0.1, -0.05) is 23.7 Å². The van der Waals surface area contributed by atoms with Gasteiger partial charge in [0, 0.05) is 11.3 Å². The molecule has 15 heavy (non-hydrogen) atoms. The molecule has 0 saturated carbocycles. The van der Waals surface area contributed by atoms with Gasteiger partial charge in [0.25, 0.3) is 0 Å². The molecule has 0 radical (unpaired) electrons. The predicted molar refractivity (Wildman–Crippen MR) is 63.9 cm³/mol. The van der Waals surface area contributed by atoms with Gasteiger partial charge < -0.3 is 0 Å². The molecular formula is C11H13ClO2S. The highest BCUT2D eigenvalue weighted by atomic mass is 35.5. The number of rotatable bonds is 2. The summed E-state index contributed by atoms with van der Waals surface area (Å²) in [4.78, 5) is 0.283. The van der Waals surface area contributed by atoms with E-state index < -0.39 is 9.84 Å². The largest absolute Gasteiger partial charge is 0.224 e. The zero-order valence-corrected chi connectivity index (χ0v) is 10.5. The van der Waals surface area contributed by atoms with Crippen molar-refractivity contribution in [1.29, 1.82) is 0 Å². The van der Waals surface area contributed by atoms with Crippen molar-refractivity contribution in [2.75, 3.05) is 6.26 Å². The van der Waals surface area contributed by atoms with E-state index in [0.717, 1.165) is 5.57 Å². The van der Waals surface area contributed by atoms with Gasteiger partial charge in [-0.2, -0.15) is 0 Å². The Morgan fingerprint density at radius 2 is 2.00 bits per heavy atom. The average Bonchev–Trinajstić information content (AvgIpc) is 2.15. The van der Waals surface area contributed by atoms with Crippen LogP contribution >= 0.6 is 11.6 Å². The Labute approximate surface area is 95.5 Å². The van der Waals surface area contributed by atoms with Crippen LogP contribution in [0.5, 0.6) is 0 Å². The van der Waals surface area contributed by atoms with Crippen LogP contribution in [-0.4, -0.2) is 14.7 Å². The van der Waals surface area contributed by atoms with Crippen LogP contribution in [0.3, 0.4) is 0 Å². The van der Waals surface area contributed by atoms with Crippen LogP contribution in [-0.2, 0) is 9.84 Å². The molecule has 2 nitrogen and oxygen atoms in total. The summed E-state index contributed by atoms with van der Waals surface area (Å²) in [5.74, 6) is 0. The minimum Gasteiger partial charge on any atom is -0.224 e. The molecule has 1 aromatic rings. The van der Waals surface area contributed by atoms with Gasteiger partial charge in [-0.05, 0) is 37.1 Å². The van der Waals surface area contributed by atoms with E-state index in [-0.39, 0.29) is 4.90 Å². The van der Waals surface area contributed by atoms with Gasteiger partial charge in [0.2, 0.25) is 0 Å². The summed E-state index contributed by atoms with van der Waals surface area (Å²) >= 11 is 5.79. The molecule has 1 aromatic carbocycles. The lowest BCUT2D eigenvalue weighted by molar-refractivity contribution is 0.601. The van der Waals surface area contributed by atoms with Crippen molar-refractivity contribution in [1.82, 2.24) is 0 Å². The standard InChI is InChI=1S/C11H13ClO2S/c1-4-8(2)10-6-5-9(12)7-11(10)15(3,13)14/h4-7H,1-3H3. The molecule has 0 aromatic heterocycles. The summed E-state index contributed by atoms with van der Waals surface area (Å²) in [5, 5.41) is 0.433. The van der Waals surface area contributed by atoms with Crippen LogP contribution in [0.2, 0.25) is 5.02 Å². The van der Waals surface area contributed by atoms with Crippen LogP contribution in [0, 0.1) is 0 Å². The van der Waals surface area contributed by atoms with E-state index in [1.54, 1.807) is 12.1 Å². The molecule has 0 unspecified atom stereocenters. The molecule has 0 fully saturated rings. The van der Waals surface area contributed by atoms with Gasteiger partial charge in [-0.3, -0.25) is 0 Å². The summed E-state index contributed by atoms with van der Waals surface area (Å²) in [6, 6.07) is 4.91. The predicted octanol–water partition coefficient (Wildman–Crippen LogP) is 3.17. The zero-order valence-electron chi connectivity index (χ0n) is 8.91. The monoisotopic (exact) mass is 244 g/mol. The first kappa shape index (κ1) is 12.3. The van der Waals surface area contributed by atoms with E-state index in [4.69, 9.17) is 11.6 Å². The van der Waals surface area contributed by atoms with Crippen LogP contribution < -0.4 is 0 Å². The molecule has 0 heterocycles. The molecule has 0 aliphatic carbocycles. The molecule has 0 spiro atoms. The maximum atomic E-state index is 11.5. The summed E-state index contributed by atoms with van der Waals surface area (Å²) in [5.41, 5.74) is 1.64. The van der Waals surface area contributed by atoms with E-state index in [9.17, 15) is 8.42 Å². The minimum atomic E-state index is -3.24. The summed E-state index contributed by atoms with van der Waals surface area (Å²) in [6.07, 6.45) is 3.06. The summed E-state index contributed by atoms with van der Waals surface area (Å²) in [6.45, 7) is 3.74. The maximum absolute atomic E-state index is 11.5. The quantitative estimate of drug-likeness (QED) is 0.801. The van der Waals surface area contributed by atoms with Crippen molar-refractivity contribution < 1.29 is 8.42 Å². The molecule has 0 saturated heterocycles. The van der Waals surface area contributed by atoms with Gasteiger partial charge >= 0.3 is 0 Å². The fourth-order valence-electron chi connectivity index (χ4n) is 1.28. The van der Waals surface area contributed by atoms with Crippen molar-refractivity contribution in [3.05, 3.63) is 34.9 Å². The van der Waals surface area contributed by atoms with Crippen LogP contribution in [0.1, 0.15) is 19.4 Å². The number of hydrogen-bond acceptors (Lipinski definition) is 2. The van der Waals surface area contributed by atoms with E-state index in [1.165, 1.54) is 12.3 Å². The van der Waals surface area contributed by atoms with E-state index >= 15 is 0 Å². The van der Waals surface area contributed by atoms with Gasteiger partial charge in [0.15, 0.2) is 9.84 Å². The second kappa shape index (κ2) is 4.37. The van der Waals surface area contributed by atoms with E-state index in [2.05, 4.69) is 0 Å². The molecular weight excluding hydrogens is 232 g/mol. The second-order valence-corrected chi connectivity index (χ2v) is 5.80. The van der Waals surface area contributed by atoms with Crippen LogP contribution in [0.25, 0.3) is 5.57 Å². The lowest BCUT2D eigenvalue weighted by Gasteiger charge is -2.08. The van der Waals surface area contributed by atoms with Crippen molar-refractivity contribution in [3.63, 3.8) is 0 Å². The van der Waals surface area contributed by atoms with E-state index in [1.807, 2.05) is 19.9 Å². The molecule has 0 bridgehead atoms. The molecule has 0 N–H and O–H groups in total. The Kier molecular flexibility index (Phi) is 3.58. The third kappa shape index (κ3) is 2.83. The van der Waals surface area contributed by atoms with Crippen molar-refractivity contribution in [2.24, 2.45) is 0 Å². The van der Waals surface area contributed by atoms with Gasteiger partial charge in [0.05, 0.1) is 4.90 Å². The molecule has 0 aliphatic rings. The highest BCUT2D eigenvalue weighted by Crippen LogP contribution is 2.26. The molecule has 0 amide bonds. The lowest BCUT2D eigenvalue weighted by atomic mass is 10.1. The zero-order chi connectivity index (χ0) is 11.6. The molecule has 82 valence electrons. The number of allylic oxidation sites excluding steroid dienone is 2. The Balaban J connectivity index is 3.54. The average molecular weight is 245 g/mol. The Morgan fingerprint density at radius 3 is 2.47 bits per heavy atom. The van der Waals surface area contributed by atoms with Crippen LogP contribution in [0.15, 0.2) is 29.2 Å². The fraction of sp³-hybridized carbons (Fsp3) is 0.273. The first-order valence-electron chi connectivity index (χ1n) is 4.49. The van der Waals surface area contributed by atoms with Gasteiger partial charge in [-0.25, -0.2) is 8.42 Å². The number of hydrogen-bond donors (Lipinski definition) is 0. The van der Waals surface area contributed by atoms with Crippen molar-refractivity contribution in [2.45, 2.75) is 18.7 Å². The smallest absolute Gasteiger partial charge is 0.176 e. The topological polar surface area (TPSA) is 34.1 Å². The third-order valence-corrected chi connectivity index (χ3v) is 3.57. The summed E-state index contributed by atoms with van der Waals surface area (Å²) < 4.78 is 23.1. The fourth-order valence-corrected chi connectivity index (χ4v) is 2.49. The first-order chi connectivity index (χ1) is 6.86. The van der Waals surface area contributed by atoms with Crippen LogP contribution in [0.4, 0.5) is 0 Å². The second-order valence-electron chi connectivity index (χ2n) is 3.38. The number of sulfone groups is 1. The van der Waals surface area contributed by atoms with Gasteiger partial charge in [-0.15, -0.1) is 0 Å². The normalized spacial score (nSPS) is 12.9. The Hall–Kier alpha value is -0.800. The Bertz CT molecular complexity index is 501. The third-order valence-electron chi connectivity index (χ3n) is 2.20. The molecule has 4 heteroatoms. The minimum absolute atomic E-state index is 0.283. The SMILES string of the molecule is CC=C(C)c1ccc(Cl)cc1S(C)(=O)=O. The lowest BCUT2D eigenvalue weighted by Crippen LogP contribution is -2.01. The highest BCUT2D eigenvalue weighted by Gasteiger charge is 2.14. The molecule has 0 atom stereocenters. The maximum Gasteiger partial charge on any atom is 0.176 e.